The number of anilines is 1. The molecule has 9 heteroatoms. The third-order valence-corrected chi connectivity index (χ3v) is 8.13. The number of aryl methyl sites for hydroxylation is 1. The lowest BCUT2D eigenvalue weighted by atomic mass is 10.2. The Kier molecular flexibility index (Phi) is 11.8. The lowest BCUT2D eigenvalue weighted by molar-refractivity contribution is -0.118. The number of hydrogen-bond donors (Lipinski definition) is 0. The van der Waals surface area contributed by atoms with E-state index < -0.39 is 0 Å². The molecule has 0 atom stereocenters. The van der Waals surface area contributed by atoms with Gasteiger partial charge in [-0.05, 0) is 56.7 Å². The van der Waals surface area contributed by atoms with Crippen LogP contribution in [0, 0.1) is 6.92 Å². The van der Waals surface area contributed by atoms with Gasteiger partial charge in [-0.15, -0.1) is 24.2 Å². The molecule has 6 nitrogen and oxygen atoms in total. The first-order valence-electron chi connectivity index (χ1n) is 12.5. The number of thioether (sulfide) groups is 1. The van der Waals surface area contributed by atoms with Gasteiger partial charge in [0.1, 0.15) is 11.3 Å². The second-order valence-corrected chi connectivity index (χ2v) is 10.8. The fraction of sp³-hybridized carbons (Fsp3) is 0.481. The van der Waals surface area contributed by atoms with Gasteiger partial charge in [-0.3, -0.25) is 14.6 Å². The summed E-state index contributed by atoms with van der Waals surface area (Å²) in [6, 6.07) is 14.5. The van der Waals surface area contributed by atoms with Crippen LogP contribution in [-0.2, 0) is 9.53 Å². The Labute approximate surface area is 228 Å². The third-order valence-electron chi connectivity index (χ3n) is 5.99. The van der Waals surface area contributed by atoms with E-state index in [0.29, 0.717) is 19.6 Å². The molecule has 2 aromatic carbocycles. The topological polar surface area (TPSA) is 54.9 Å². The highest BCUT2D eigenvalue weighted by Gasteiger charge is 2.21. The zero-order valence-electron chi connectivity index (χ0n) is 21.1. The Bertz CT molecular complexity index is 1090. The lowest BCUT2D eigenvalue weighted by Gasteiger charge is -2.27. The van der Waals surface area contributed by atoms with Crippen LogP contribution < -0.4 is 9.64 Å². The first-order valence-corrected chi connectivity index (χ1v) is 14.3. The third kappa shape index (κ3) is 8.08. The van der Waals surface area contributed by atoms with Crippen molar-refractivity contribution in [3.05, 3.63) is 48.0 Å². The van der Waals surface area contributed by atoms with Crippen LogP contribution in [0.3, 0.4) is 0 Å². The molecule has 1 fully saturated rings. The molecule has 196 valence electrons. The molecule has 2 heterocycles. The molecule has 1 aliphatic heterocycles. The molecule has 0 radical (unpaired) electrons. The molecule has 4 rings (SSSR count). The number of thiazole rings is 1. The standard InChI is InChI=1S/C27H35N3O3S2.ClH/c1-3-33-23-7-4-8-24-26(23)28-27(35-24)30(15-6-14-29-16-18-32-19-17-29)25(31)9-5-20-34-22-12-10-21(2)11-13-22;/h4,7-8,10-13H,3,5-6,9,14-20H2,1-2H3;1H. The zero-order chi connectivity index (χ0) is 24.5. The first-order chi connectivity index (χ1) is 17.1. The molecule has 1 amide bonds. The maximum absolute atomic E-state index is 13.4. The summed E-state index contributed by atoms with van der Waals surface area (Å²) >= 11 is 3.38. The number of carbonyl (C=O) groups is 1. The van der Waals surface area contributed by atoms with Gasteiger partial charge >= 0.3 is 0 Å². The number of rotatable bonds is 12. The molecular weight excluding hydrogens is 514 g/mol. The van der Waals surface area contributed by atoms with Gasteiger partial charge in [-0.2, -0.15) is 0 Å². The number of fused-ring (bicyclic) bond motifs is 1. The largest absolute Gasteiger partial charge is 0.492 e. The van der Waals surface area contributed by atoms with Crippen LogP contribution in [-0.4, -0.2) is 67.5 Å². The molecule has 1 aliphatic rings. The highest BCUT2D eigenvalue weighted by molar-refractivity contribution is 7.99. The van der Waals surface area contributed by atoms with Crippen LogP contribution >= 0.6 is 35.5 Å². The minimum atomic E-state index is 0. The SMILES string of the molecule is CCOc1cccc2sc(N(CCCN3CCOCC3)C(=O)CCCSc3ccc(C)cc3)nc12.Cl. The van der Waals surface area contributed by atoms with Crippen LogP contribution in [0.1, 0.15) is 31.7 Å². The molecule has 0 N–H and O–H groups in total. The predicted molar refractivity (Wildman–Crippen MR) is 153 cm³/mol. The summed E-state index contributed by atoms with van der Waals surface area (Å²) < 4.78 is 12.3. The summed E-state index contributed by atoms with van der Waals surface area (Å²) in [6.45, 7) is 9.80. The van der Waals surface area contributed by atoms with Crippen molar-refractivity contribution in [3.8, 4) is 5.75 Å². The van der Waals surface area contributed by atoms with Gasteiger partial charge in [-0.25, -0.2) is 4.98 Å². The molecule has 0 unspecified atom stereocenters. The maximum Gasteiger partial charge on any atom is 0.228 e. The van der Waals surface area contributed by atoms with Crippen molar-refractivity contribution in [2.75, 3.05) is 56.7 Å². The number of aromatic nitrogens is 1. The van der Waals surface area contributed by atoms with Gasteiger partial charge in [0.05, 0.1) is 24.5 Å². The number of hydrogen-bond acceptors (Lipinski definition) is 7. The summed E-state index contributed by atoms with van der Waals surface area (Å²) in [5, 5.41) is 0.769. The minimum absolute atomic E-state index is 0. The van der Waals surface area contributed by atoms with E-state index in [2.05, 4.69) is 36.1 Å². The summed E-state index contributed by atoms with van der Waals surface area (Å²) in [7, 11) is 0. The number of halogens is 1. The lowest BCUT2D eigenvalue weighted by Crippen LogP contribution is -2.39. The summed E-state index contributed by atoms with van der Waals surface area (Å²) in [5.74, 6) is 1.85. The number of benzene rings is 2. The van der Waals surface area contributed by atoms with Crippen LogP contribution in [0.15, 0.2) is 47.4 Å². The Morgan fingerprint density at radius 3 is 2.69 bits per heavy atom. The van der Waals surface area contributed by atoms with Gasteiger partial charge in [0.15, 0.2) is 5.13 Å². The highest BCUT2D eigenvalue weighted by Crippen LogP contribution is 2.34. The fourth-order valence-electron chi connectivity index (χ4n) is 4.09. The highest BCUT2D eigenvalue weighted by atomic mass is 35.5. The van der Waals surface area contributed by atoms with Gasteiger partial charge < -0.3 is 9.47 Å². The van der Waals surface area contributed by atoms with E-state index in [-0.39, 0.29) is 18.3 Å². The fourth-order valence-corrected chi connectivity index (χ4v) is 5.97. The molecular formula is C27H36ClN3O3S2. The Hall–Kier alpha value is -1.84. The van der Waals surface area contributed by atoms with E-state index in [9.17, 15) is 4.79 Å². The van der Waals surface area contributed by atoms with Gasteiger partial charge in [0.25, 0.3) is 0 Å². The first kappa shape index (κ1) is 28.7. The van der Waals surface area contributed by atoms with Crippen molar-refractivity contribution in [1.82, 2.24) is 9.88 Å². The second-order valence-electron chi connectivity index (χ2n) is 8.65. The molecule has 0 saturated carbocycles. The average Bonchev–Trinajstić information content (AvgIpc) is 3.31. The summed E-state index contributed by atoms with van der Waals surface area (Å²) in [6.07, 6.45) is 2.27. The monoisotopic (exact) mass is 549 g/mol. The van der Waals surface area contributed by atoms with Crippen molar-refractivity contribution >= 4 is 56.8 Å². The predicted octanol–water partition coefficient (Wildman–Crippen LogP) is 6.05. The quantitative estimate of drug-likeness (QED) is 0.202. The Morgan fingerprint density at radius 2 is 1.94 bits per heavy atom. The summed E-state index contributed by atoms with van der Waals surface area (Å²) in [5.41, 5.74) is 2.11. The van der Waals surface area contributed by atoms with Crippen molar-refractivity contribution in [2.24, 2.45) is 0 Å². The maximum atomic E-state index is 13.4. The number of nitrogens with zero attached hydrogens (tertiary/aromatic N) is 3. The molecule has 1 aromatic heterocycles. The van der Waals surface area contributed by atoms with Crippen LogP contribution in [0.4, 0.5) is 5.13 Å². The van der Waals surface area contributed by atoms with Gasteiger partial charge in [0.2, 0.25) is 5.91 Å². The average molecular weight is 550 g/mol. The smallest absolute Gasteiger partial charge is 0.228 e. The van der Waals surface area contributed by atoms with Crippen molar-refractivity contribution in [3.63, 3.8) is 0 Å². The van der Waals surface area contributed by atoms with Crippen molar-refractivity contribution in [1.29, 1.82) is 0 Å². The number of ether oxygens (including phenoxy) is 2. The van der Waals surface area contributed by atoms with Gasteiger partial charge in [0, 0.05) is 37.5 Å². The van der Waals surface area contributed by atoms with Crippen LogP contribution in [0.5, 0.6) is 5.75 Å². The van der Waals surface area contributed by atoms with E-state index in [1.807, 2.05) is 41.8 Å². The minimum Gasteiger partial charge on any atom is -0.492 e. The number of para-hydroxylation sites is 1. The summed E-state index contributed by atoms with van der Waals surface area (Å²) in [4.78, 5) is 23.8. The van der Waals surface area contributed by atoms with E-state index >= 15 is 0 Å². The normalized spacial score (nSPS) is 13.9. The molecule has 0 aliphatic carbocycles. The zero-order valence-corrected chi connectivity index (χ0v) is 23.6. The Morgan fingerprint density at radius 1 is 1.17 bits per heavy atom. The van der Waals surface area contributed by atoms with Crippen molar-refractivity contribution in [2.45, 2.75) is 38.0 Å². The van der Waals surface area contributed by atoms with Crippen molar-refractivity contribution < 1.29 is 14.3 Å². The van der Waals surface area contributed by atoms with E-state index in [0.717, 1.165) is 72.5 Å². The second kappa shape index (κ2) is 14.8. The van der Waals surface area contributed by atoms with Crippen LogP contribution in [0.2, 0.25) is 0 Å². The number of morpholine rings is 1. The van der Waals surface area contributed by atoms with E-state index in [4.69, 9.17) is 14.5 Å². The molecule has 3 aromatic rings. The number of amides is 1. The van der Waals surface area contributed by atoms with E-state index in [1.165, 1.54) is 10.5 Å². The van der Waals surface area contributed by atoms with Gasteiger partial charge in [-0.1, -0.05) is 35.1 Å². The van der Waals surface area contributed by atoms with E-state index in [1.54, 1.807) is 11.3 Å². The molecule has 36 heavy (non-hydrogen) atoms. The van der Waals surface area contributed by atoms with Crippen LogP contribution in [0.25, 0.3) is 10.2 Å². The molecule has 0 bridgehead atoms. The Balaban J connectivity index is 0.00000361. The molecule has 1 saturated heterocycles. The molecule has 0 spiro atoms. The number of carbonyl (C=O) groups excluding carboxylic acids is 1.